The molecular formula is C8H10BrFOS. The molecule has 0 spiro atoms. The Labute approximate surface area is 83.7 Å². The molecule has 0 aliphatic carbocycles. The van der Waals surface area contributed by atoms with E-state index in [-0.39, 0.29) is 5.82 Å². The maximum absolute atomic E-state index is 12.9. The van der Waals surface area contributed by atoms with Gasteiger partial charge in [-0.1, -0.05) is 24.7 Å². The first-order chi connectivity index (χ1) is 5.74. The van der Waals surface area contributed by atoms with Gasteiger partial charge in [-0.05, 0) is 22.4 Å². The SMILES string of the molecule is CCCCOc1sc(Br)cc1F. The average molecular weight is 253 g/mol. The van der Waals surface area contributed by atoms with E-state index in [1.807, 2.05) is 0 Å². The van der Waals surface area contributed by atoms with Crippen LogP contribution in [-0.4, -0.2) is 6.61 Å². The fourth-order valence-corrected chi connectivity index (χ4v) is 2.01. The van der Waals surface area contributed by atoms with Crippen LogP contribution in [0.25, 0.3) is 0 Å². The zero-order chi connectivity index (χ0) is 8.97. The van der Waals surface area contributed by atoms with Crippen LogP contribution in [0, 0.1) is 5.82 Å². The van der Waals surface area contributed by atoms with E-state index in [1.165, 1.54) is 17.4 Å². The fraction of sp³-hybridized carbons (Fsp3) is 0.500. The Balaban J connectivity index is 2.45. The molecule has 0 aliphatic rings. The molecule has 0 atom stereocenters. The first-order valence-electron chi connectivity index (χ1n) is 3.81. The fourth-order valence-electron chi connectivity index (χ4n) is 0.733. The summed E-state index contributed by atoms with van der Waals surface area (Å²) >= 11 is 4.47. The lowest BCUT2D eigenvalue weighted by molar-refractivity contribution is 0.304. The molecule has 1 nitrogen and oxygen atoms in total. The normalized spacial score (nSPS) is 10.2. The van der Waals surface area contributed by atoms with Crippen molar-refractivity contribution in [2.24, 2.45) is 0 Å². The Morgan fingerprint density at radius 2 is 2.42 bits per heavy atom. The summed E-state index contributed by atoms with van der Waals surface area (Å²) in [5, 5.41) is 0.385. The van der Waals surface area contributed by atoms with Gasteiger partial charge in [-0.2, -0.15) is 0 Å². The van der Waals surface area contributed by atoms with E-state index in [0.29, 0.717) is 11.7 Å². The number of unbranched alkanes of at least 4 members (excludes halogenated alkanes) is 1. The molecule has 1 heterocycles. The summed E-state index contributed by atoms with van der Waals surface area (Å²) in [6, 6.07) is 1.42. The van der Waals surface area contributed by atoms with Gasteiger partial charge in [-0.15, -0.1) is 0 Å². The van der Waals surface area contributed by atoms with E-state index in [2.05, 4.69) is 22.9 Å². The van der Waals surface area contributed by atoms with Crippen LogP contribution in [0.3, 0.4) is 0 Å². The quantitative estimate of drug-likeness (QED) is 0.741. The van der Waals surface area contributed by atoms with Gasteiger partial charge in [0.15, 0.2) is 5.82 Å². The summed E-state index contributed by atoms with van der Waals surface area (Å²) in [6.07, 6.45) is 2.03. The van der Waals surface area contributed by atoms with Crippen molar-refractivity contribution in [3.8, 4) is 5.06 Å². The number of hydrogen-bond acceptors (Lipinski definition) is 2. The highest BCUT2D eigenvalue weighted by Crippen LogP contribution is 2.32. The Hall–Kier alpha value is -0.0900. The summed E-state index contributed by atoms with van der Waals surface area (Å²) in [5.41, 5.74) is 0. The van der Waals surface area contributed by atoms with E-state index < -0.39 is 0 Å². The second kappa shape index (κ2) is 4.82. The van der Waals surface area contributed by atoms with Crippen LogP contribution in [0.1, 0.15) is 19.8 Å². The summed E-state index contributed by atoms with van der Waals surface area (Å²) in [4.78, 5) is 0. The highest BCUT2D eigenvalue weighted by Gasteiger charge is 2.07. The van der Waals surface area contributed by atoms with Crippen molar-refractivity contribution in [1.29, 1.82) is 0 Å². The lowest BCUT2D eigenvalue weighted by atomic mass is 10.4. The summed E-state index contributed by atoms with van der Waals surface area (Å²) in [5.74, 6) is -0.275. The standard InChI is InChI=1S/C8H10BrFOS/c1-2-3-4-11-8-6(10)5-7(9)12-8/h5H,2-4H2,1H3. The van der Waals surface area contributed by atoms with E-state index in [4.69, 9.17) is 4.74 Å². The molecule has 0 saturated heterocycles. The second-order valence-corrected chi connectivity index (χ2v) is 4.78. The predicted octanol–water partition coefficient (Wildman–Crippen LogP) is 3.83. The molecule has 1 rings (SSSR count). The first kappa shape index (κ1) is 9.99. The Kier molecular flexibility index (Phi) is 4.01. The molecule has 68 valence electrons. The molecule has 1 aromatic heterocycles. The predicted molar refractivity (Wildman–Crippen MR) is 52.4 cm³/mol. The molecule has 12 heavy (non-hydrogen) atoms. The lowest BCUT2D eigenvalue weighted by Crippen LogP contribution is -1.95. The number of thiophene rings is 1. The summed E-state index contributed by atoms with van der Waals surface area (Å²) in [7, 11) is 0. The molecule has 0 bridgehead atoms. The van der Waals surface area contributed by atoms with Gasteiger partial charge in [0, 0.05) is 6.07 Å². The molecule has 0 aliphatic heterocycles. The van der Waals surface area contributed by atoms with Crippen LogP contribution in [0.2, 0.25) is 0 Å². The summed E-state index contributed by atoms with van der Waals surface area (Å²) in [6.45, 7) is 2.67. The number of hydrogen-bond donors (Lipinski definition) is 0. The number of halogens is 2. The van der Waals surface area contributed by atoms with Crippen LogP contribution in [-0.2, 0) is 0 Å². The van der Waals surface area contributed by atoms with Crippen LogP contribution in [0.5, 0.6) is 5.06 Å². The third kappa shape index (κ3) is 2.75. The first-order valence-corrected chi connectivity index (χ1v) is 5.42. The zero-order valence-corrected chi connectivity index (χ0v) is 9.17. The second-order valence-electron chi connectivity index (χ2n) is 2.39. The van der Waals surface area contributed by atoms with Crippen molar-refractivity contribution < 1.29 is 9.13 Å². The molecule has 0 aromatic carbocycles. The Morgan fingerprint density at radius 1 is 1.67 bits per heavy atom. The minimum atomic E-state index is -0.275. The van der Waals surface area contributed by atoms with Gasteiger partial charge in [0.2, 0.25) is 5.06 Å². The third-order valence-corrected chi connectivity index (χ3v) is 2.88. The Bertz CT molecular complexity index is 249. The molecule has 0 N–H and O–H groups in total. The minimum absolute atomic E-state index is 0.275. The Morgan fingerprint density at radius 3 is 2.92 bits per heavy atom. The van der Waals surface area contributed by atoms with Crippen LogP contribution >= 0.6 is 27.3 Å². The van der Waals surface area contributed by atoms with Crippen LogP contribution in [0.4, 0.5) is 4.39 Å². The van der Waals surface area contributed by atoms with Gasteiger partial charge in [0.05, 0.1) is 10.4 Å². The molecule has 4 heteroatoms. The lowest BCUT2D eigenvalue weighted by Gasteiger charge is -2.00. The van der Waals surface area contributed by atoms with Crippen LogP contribution < -0.4 is 4.74 Å². The van der Waals surface area contributed by atoms with E-state index in [9.17, 15) is 4.39 Å². The largest absolute Gasteiger partial charge is 0.482 e. The minimum Gasteiger partial charge on any atom is -0.482 e. The highest BCUT2D eigenvalue weighted by molar-refractivity contribution is 9.11. The maximum atomic E-state index is 12.9. The van der Waals surface area contributed by atoms with Gasteiger partial charge in [0.25, 0.3) is 0 Å². The van der Waals surface area contributed by atoms with Gasteiger partial charge >= 0.3 is 0 Å². The van der Waals surface area contributed by atoms with Gasteiger partial charge in [-0.3, -0.25) is 0 Å². The van der Waals surface area contributed by atoms with Gasteiger partial charge in [-0.25, -0.2) is 4.39 Å². The number of rotatable bonds is 4. The molecule has 0 saturated carbocycles. The molecule has 0 unspecified atom stereocenters. The van der Waals surface area contributed by atoms with Crippen molar-refractivity contribution >= 4 is 27.3 Å². The van der Waals surface area contributed by atoms with Crippen molar-refractivity contribution in [2.75, 3.05) is 6.61 Å². The number of ether oxygens (including phenoxy) is 1. The van der Waals surface area contributed by atoms with Crippen molar-refractivity contribution in [3.05, 3.63) is 15.7 Å². The summed E-state index contributed by atoms with van der Waals surface area (Å²) < 4.78 is 18.9. The van der Waals surface area contributed by atoms with Crippen LogP contribution in [0.15, 0.2) is 9.85 Å². The van der Waals surface area contributed by atoms with Gasteiger partial charge < -0.3 is 4.74 Å². The van der Waals surface area contributed by atoms with E-state index >= 15 is 0 Å². The maximum Gasteiger partial charge on any atom is 0.211 e. The zero-order valence-electron chi connectivity index (χ0n) is 6.77. The van der Waals surface area contributed by atoms with Crippen molar-refractivity contribution in [1.82, 2.24) is 0 Å². The van der Waals surface area contributed by atoms with Gasteiger partial charge in [0.1, 0.15) is 0 Å². The molecular weight excluding hydrogens is 243 g/mol. The third-order valence-electron chi connectivity index (χ3n) is 1.36. The van der Waals surface area contributed by atoms with Crippen molar-refractivity contribution in [3.63, 3.8) is 0 Å². The monoisotopic (exact) mass is 252 g/mol. The highest BCUT2D eigenvalue weighted by atomic mass is 79.9. The van der Waals surface area contributed by atoms with E-state index in [1.54, 1.807) is 0 Å². The molecule has 0 amide bonds. The molecule has 0 fully saturated rings. The average Bonchev–Trinajstić information content (AvgIpc) is 2.31. The molecule has 1 aromatic rings. The topological polar surface area (TPSA) is 9.23 Å². The van der Waals surface area contributed by atoms with E-state index in [0.717, 1.165) is 16.6 Å². The smallest absolute Gasteiger partial charge is 0.211 e. The molecule has 0 radical (unpaired) electrons. The van der Waals surface area contributed by atoms with Crippen molar-refractivity contribution in [2.45, 2.75) is 19.8 Å².